The zero-order chi connectivity index (χ0) is 14.7. The summed E-state index contributed by atoms with van der Waals surface area (Å²) in [7, 11) is 1.59. The normalized spacial score (nSPS) is 10.2. The number of aryl methyl sites for hydroxylation is 2. The van der Waals surface area contributed by atoms with Crippen molar-refractivity contribution in [2.24, 2.45) is 0 Å². The second-order valence-corrected chi connectivity index (χ2v) is 4.71. The van der Waals surface area contributed by atoms with Gasteiger partial charge in [-0.2, -0.15) is 0 Å². The molecule has 2 rings (SSSR count). The first-order valence-corrected chi connectivity index (χ1v) is 6.33. The molecule has 4 heteroatoms. The molecule has 0 saturated heterocycles. The number of nitrogens with one attached hydrogen (secondary N) is 1. The Balaban J connectivity index is 2.20. The zero-order valence-corrected chi connectivity index (χ0v) is 11.9. The molecule has 0 aliphatic rings. The van der Waals surface area contributed by atoms with Gasteiger partial charge in [0.1, 0.15) is 5.75 Å². The van der Waals surface area contributed by atoms with Crippen molar-refractivity contribution in [2.45, 2.75) is 13.8 Å². The summed E-state index contributed by atoms with van der Waals surface area (Å²) in [6, 6.07) is 10.7. The number of carbonyl (C=O) groups is 1. The predicted octanol–water partition coefficient (Wildman–Crippen LogP) is 3.15. The van der Waals surface area contributed by atoms with E-state index in [1.54, 1.807) is 37.4 Å². The molecule has 0 aliphatic carbocycles. The van der Waals surface area contributed by atoms with E-state index < -0.39 is 0 Å². The van der Waals surface area contributed by atoms with Crippen molar-refractivity contribution >= 4 is 17.3 Å². The van der Waals surface area contributed by atoms with E-state index in [0.29, 0.717) is 11.3 Å². The van der Waals surface area contributed by atoms with Crippen LogP contribution in [0.25, 0.3) is 0 Å². The largest absolute Gasteiger partial charge is 0.497 e. The van der Waals surface area contributed by atoms with Gasteiger partial charge in [-0.3, -0.25) is 4.79 Å². The van der Waals surface area contributed by atoms with Gasteiger partial charge in [0.05, 0.1) is 7.11 Å². The number of nitrogen functional groups attached to an aromatic ring is 1. The number of carbonyl (C=O) groups excluding carboxylic acids is 1. The van der Waals surface area contributed by atoms with Gasteiger partial charge < -0.3 is 15.8 Å². The first-order valence-electron chi connectivity index (χ1n) is 6.33. The van der Waals surface area contributed by atoms with Crippen molar-refractivity contribution in [3.05, 3.63) is 53.1 Å². The van der Waals surface area contributed by atoms with Gasteiger partial charge in [0.15, 0.2) is 0 Å². The van der Waals surface area contributed by atoms with Crippen LogP contribution in [-0.4, -0.2) is 13.0 Å². The highest BCUT2D eigenvalue weighted by Crippen LogP contribution is 2.23. The number of methoxy groups -OCH3 is 1. The van der Waals surface area contributed by atoms with Gasteiger partial charge in [-0.25, -0.2) is 0 Å². The first kappa shape index (κ1) is 13.9. The monoisotopic (exact) mass is 270 g/mol. The van der Waals surface area contributed by atoms with E-state index in [4.69, 9.17) is 10.5 Å². The van der Waals surface area contributed by atoms with E-state index in [-0.39, 0.29) is 5.91 Å². The van der Waals surface area contributed by atoms with Crippen molar-refractivity contribution in [3.63, 3.8) is 0 Å². The van der Waals surface area contributed by atoms with Gasteiger partial charge in [-0.1, -0.05) is 6.07 Å². The standard InChI is InChI=1S/C16H18N2O2/c1-10-8-11(2)15(9-14(10)17)18-16(19)12-4-6-13(20-3)7-5-12/h4-9H,17H2,1-3H3,(H,18,19). The molecule has 20 heavy (non-hydrogen) atoms. The highest BCUT2D eigenvalue weighted by atomic mass is 16.5. The number of anilines is 2. The first-order chi connectivity index (χ1) is 9.51. The Kier molecular flexibility index (Phi) is 3.94. The van der Waals surface area contributed by atoms with Crippen LogP contribution < -0.4 is 15.8 Å². The van der Waals surface area contributed by atoms with Crippen LogP contribution >= 0.6 is 0 Å². The van der Waals surface area contributed by atoms with Gasteiger partial charge >= 0.3 is 0 Å². The van der Waals surface area contributed by atoms with Crippen LogP contribution in [0.2, 0.25) is 0 Å². The lowest BCUT2D eigenvalue weighted by Gasteiger charge is -2.11. The maximum absolute atomic E-state index is 12.2. The van der Waals surface area contributed by atoms with Gasteiger partial charge in [-0.05, 0) is 55.3 Å². The maximum Gasteiger partial charge on any atom is 0.255 e. The SMILES string of the molecule is COc1ccc(C(=O)Nc2cc(N)c(C)cc2C)cc1. The van der Waals surface area contributed by atoms with Crippen LogP contribution in [0.5, 0.6) is 5.75 Å². The maximum atomic E-state index is 12.2. The molecule has 2 aromatic carbocycles. The molecule has 0 aliphatic heterocycles. The summed E-state index contributed by atoms with van der Waals surface area (Å²) in [6.07, 6.45) is 0. The van der Waals surface area contributed by atoms with Crippen molar-refractivity contribution in [1.29, 1.82) is 0 Å². The number of hydrogen-bond acceptors (Lipinski definition) is 3. The van der Waals surface area contributed by atoms with E-state index in [1.165, 1.54) is 0 Å². The Morgan fingerprint density at radius 2 is 1.75 bits per heavy atom. The number of ether oxygens (including phenoxy) is 1. The van der Waals surface area contributed by atoms with Crippen LogP contribution in [0.4, 0.5) is 11.4 Å². The lowest BCUT2D eigenvalue weighted by Crippen LogP contribution is -2.13. The molecule has 3 N–H and O–H groups in total. The van der Waals surface area contributed by atoms with E-state index in [1.807, 2.05) is 19.9 Å². The summed E-state index contributed by atoms with van der Waals surface area (Å²) in [6.45, 7) is 3.88. The topological polar surface area (TPSA) is 64.3 Å². The number of benzene rings is 2. The third kappa shape index (κ3) is 2.91. The quantitative estimate of drug-likeness (QED) is 0.842. The lowest BCUT2D eigenvalue weighted by atomic mass is 10.1. The van der Waals surface area contributed by atoms with Crippen molar-refractivity contribution in [2.75, 3.05) is 18.2 Å². The molecule has 0 unspecified atom stereocenters. The Labute approximate surface area is 118 Å². The third-order valence-corrected chi connectivity index (χ3v) is 3.21. The van der Waals surface area contributed by atoms with Crippen molar-refractivity contribution in [1.82, 2.24) is 0 Å². The molecule has 0 spiro atoms. The van der Waals surface area contributed by atoms with Crippen LogP contribution in [0, 0.1) is 13.8 Å². The van der Waals surface area contributed by atoms with Gasteiger partial charge in [0.25, 0.3) is 5.91 Å². The summed E-state index contributed by atoms with van der Waals surface area (Å²) < 4.78 is 5.07. The Morgan fingerprint density at radius 3 is 2.35 bits per heavy atom. The third-order valence-electron chi connectivity index (χ3n) is 3.21. The molecule has 0 heterocycles. The summed E-state index contributed by atoms with van der Waals surface area (Å²) in [4.78, 5) is 12.2. The van der Waals surface area contributed by atoms with Crippen LogP contribution in [-0.2, 0) is 0 Å². The molecule has 4 nitrogen and oxygen atoms in total. The summed E-state index contributed by atoms with van der Waals surface area (Å²) >= 11 is 0. The molecule has 1 amide bonds. The van der Waals surface area contributed by atoms with Gasteiger partial charge in [-0.15, -0.1) is 0 Å². The van der Waals surface area contributed by atoms with Crippen molar-refractivity contribution < 1.29 is 9.53 Å². The van der Waals surface area contributed by atoms with Gasteiger partial charge in [0.2, 0.25) is 0 Å². The van der Waals surface area contributed by atoms with E-state index in [2.05, 4.69) is 5.32 Å². The number of hydrogen-bond donors (Lipinski definition) is 2. The molecule has 0 saturated carbocycles. The molecule has 0 radical (unpaired) electrons. The minimum Gasteiger partial charge on any atom is -0.497 e. The molecule has 2 aromatic rings. The second-order valence-electron chi connectivity index (χ2n) is 4.71. The molecule has 104 valence electrons. The molecular weight excluding hydrogens is 252 g/mol. The number of amides is 1. The van der Waals surface area contributed by atoms with Gasteiger partial charge in [0, 0.05) is 16.9 Å². The van der Waals surface area contributed by atoms with Crippen LogP contribution in [0.3, 0.4) is 0 Å². The molecule has 0 fully saturated rings. The molecule has 0 aromatic heterocycles. The Bertz CT molecular complexity index is 634. The minimum atomic E-state index is -0.168. The Hall–Kier alpha value is -2.49. The second kappa shape index (κ2) is 5.65. The Morgan fingerprint density at radius 1 is 1.10 bits per heavy atom. The molecule has 0 bridgehead atoms. The van der Waals surface area contributed by atoms with Crippen LogP contribution in [0.15, 0.2) is 36.4 Å². The fourth-order valence-electron chi connectivity index (χ4n) is 1.94. The van der Waals surface area contributed by atoms with Crippen molar-refractivity contribution in [3.8, 4) is 5.75 Å². The minimum absolute atomic E-state index is 0.168. The fourth-order valence-corrected chi connectivity index (χ4v) is 1.94. The number of rotatable bonds is 3. The zero-order valence-electron chi connectivity index (χ0n) is 11.9. The molecular formula is C16H18N2O2. The lowest BCUT2D eigenvalue weighted by molar-refractivity contribution is 0.102. The van der Waals surface area contributed by atoms with E-state index >= 15 is 0 Å². The summed E-state index contributed by atoms with van der Waals surface area (Å²) in [5, 5.41) is 2.87. The smallest absolute Gasteiger partial charge is 0.255 e. The average molecular weight is 270 g/mol. The molecule has 0 atom stereocenters. The van der Waals surface area contributed by atoms with Crippen LogP contribution in [0.1, 0.15) is 21.5 Å². The summed E-state index contributed by atoms with van der Waals surface area (Å²) in [5.41, 5.74) is 9.83. The van der Waals surface area contributed by atoms with E-state index in [9.17, 15) is 4.79 Å². The summed E-state index contributed by atoms with van der Waals surface area (Å²) in [5.74, 6) is 0.552. The highest BCUT2D eigenvalue weighted by molar-refractivity contribution is 6.05. The number of nitrogens with two attached hydrogens (primary N) is 1. The average Bonchev–Trinajstić information content (AvgIpc) is 2.44. The highest BCUT2D eigenvalue weighted by Gasteiger charge is 2.09. The predicted molar refractivity (Wildman–Crippen MR) is 81.3 cm³/mol. The fraction of sp³-hybridized carbons (Fsp3) is 0.188. The van der Waals surface area contributed by atoms with E-state index in [0.717, 1.165) is 22.6 Å².